The van der Waals surface area contributed by atoms with Gasteiger partial charge in [0.25, 0.3) is 0 Å². The Bertz CT molecular complexity index is 275. The zero-order valence-corrected chi connectivity index (χ0v) is 12.2. The Balaban J connectivity index is 2.55. The van der Waals surface area contributed by atoms with Crippen LogP contribution in [-0.2, 0) is 9.53 Å². The van der Waals surface area contributed by atoms with Crippen LogP contribution < -0.4 is 11.1 Å². The quantitative estimate of drug-likeness (QED) is 0.788. The van der Waals surface area contributed by atoms with Gasteiger partial charge in [0.15, 0.2) is 0 Å². The Morgan fingerprint density at radius 2 is 2.06 bits per heavy atom. The normalized spacial score (nSPS) is 24.9. The molecule has 3 N–H and O–H groups in total. The van der Waals surface area contributed by atoms with E-state index in [0.717, 1.165) is 32.3 Å². The molecule has 4 heteroatoms. The van der Waals surface area contributed by atoms with Gasteiger partial charge in [0, 0.05) is 12.6 Å². The van der Waals surface area contributed by atoms with Crippen molar-refractivity contribution in [3.05, 3.63) is 0 Å². The molecule has 18 heavy (non-hydrogen) atoms. The topological polar surface area (TPSA) is 64.4 Å². The van der Waals surface area contributed by atoms with Gasteiger partial charge in [0.2, 0.25) is 5.91 Å². The van der Waals surface area contributed by atoms with Gasteiger partial charge in [-0.25, -0.2) is 0 Å². The van der Waals surface area contributed by atoms with E-state index in [1.807, 2.05) is 13.8 Å². The third-order valence-corrected chi connectivity index (χ3v) is 4.15. The highest BCUT2D eigenvalue weighted by atomic mass is 16.5. The monoisotopic (exact) mass is 256 g/mol. The molecule has 1 aliphatic heterocycles. The van der Waals surface area contributed by atoms with Gasteiger partial charge in [-0.2, -0.15) is 0 Å². The van der Waals surface area contributed by atoms with E-state index in [1.54, 1.807) is 0 Å². The van der Waals surface area contributed by atoms with Crippen LogP contribution in [0.3, 0.4) is 0 Å². The summed E-state index contributed by atoms with van der Waals surface area (Å²) in [6.45, 7) is 8.96. The van der Waals surface area contributed by atoms with Crippen LogP contribution >= 0.6 is 0 Å². The molecule has 0 aliphatic carbocycles. The molecule has 0 aromatic rings. The average Bonchev–Trinajstić information content (AvgIpc) is 2.37. The van der Waals surface area contributed by atoms with Crippen LogP contribution in [0, 0.1) is 5.92 Å². The molecule has 2 atom stereocenters. The van der Waals surface area contributed by atoms with Gasteiger partial charge < -0.3 is 15.8 Å². The Hall–Kier alpha value is -0.610. The van der Waals surface area contributed by atoms with E-state index in [-0.39, 0.29) is 23.5 Å². The first-order valence-electron chi connectivity index (χ1n) is 7.14. The second kappa shape index (κ2) is 6.53. The van der Waals surface area contributed by atoms with Crippen LogP contribution in [0.25, 0.3) is 0 Å². The van der Waals surface area contributed by atoms with Gasteiger partial charge in [-0.05, 0) is 31.6 Å². The predicted molar refractivity (Wildman–Crippen MR) is 73.2 cm³/mol. The fraction of sp³-hybridized carbons (Fsp3) is 0.929. The minimum atomic E-state index is -0.412. The third kappa shape index (κ3) is 3.69. The molecular weight excluding hydrogens is 228 g/mol. The molecular formula is C14H28N2O2. The smallest absolute Gasteiger partial charge is 0.237 e. The highest BCUT2D eigenvalue weighted by Gasteiger charge is 2.35. The van der Waals surface area contributed by atoms with Gasteiger partial charge in [-0.1, -0.05) is 27.7 Å². The van der Waals surface area contributed by atoms with Gasteiger partial charge in [0.05, 0.1) is 11.6 Å². The molecule has 106 valence electrons. The van der Waals surface area contributed by atoms with Crippen molar-refractivity contribution >= 4 is 5.91 Å². The Labute approximate surface area is 111 Å². The molecule has 1 amide bonds. The van der Waals surface area contributed by atoms with Crippen LogP contribution in [0.1, 0.15) is 53.4 Å². The SMILES string of the molecule is CCC1(CC)CC(NC(=O)[C@H](N)C(C)C)CCO1. The molecule has 1 aliphatic rings. The summed E-state index contributed by atoms with van der Waals surface area (Å²) in [5.41, 5.74) is 5.81. The van der Waals surface area contributed by atoms with E-state index in [1.165, 1.54) is 0 Å². The first-order valence-corrected chi connectivity index (χ1v) is 7.14. The van der Waals surface area contributed by atoms with Crippen molar-refractivity contribution in [3.63, 3.8) is 0 Å². The molecule has 1 unspecified atom stereocenters. The van der Waals surface area contributed by atoms with E-state index in [2.05, 4.69) is 19.2 Å². The van der Waals surface area contributed by atoms with Crippen LogP contribution in [0.4, 0.5) is 0 Å². The molecule has 1 fully saturated rings. The number of nitrogens with two attached hydrogens (primary N) is 1. The molecule has 0 bridgehead atoms. The zero-order valence-electron chi connectivity index (χ0n) is 12.2. The lowest BCUT2D eigenvalue weighted by Crippen LogP contribution is -2.52. The number of rotatable bonds is 5. The molecule has 1 heterocycles. The van der Waals surface area contributed by atoms with Crippen molar-refractivity contribution in [1.82, 2.24) is 5.32 Å². The largest absolute Gasteiger partial charge is 0.375 e. The summed E-state index contributed by atoms with van der Waals surface area (Å²) in [5.74, 6) is 0.143. The zero-order chi connectivity index (χ0) is 13.8. The van der Waals surface area contributed by atoms with Crippen LogP contribution in [0.5, 0.6) is 0 Å². The minimum Gasteiger partial charge on any atom is -0.375 e. The molecule has 4 nitrogen and oxygen atoms in total. The summed E-state index contributed by atoms with van der Waals surface area (Å²) < 4.78 is 5.90. The van der Waals surface area contributed by atoms with E-state index >= 15 is 0 Å². The summed E-state index contributed by atoms with van der Waals surface area (Å²) in [6.07, 6.45) is 3.77. The summed E-state index contributed by atoms with van der Waals surface area (Å²) in [6, 6.07) is -0.207. The first kappa shape index (κ1) is 15.4. The Morgan fingerprint density at radius 1 is 1.44 bits per heavy atom. The minimum absolute atomic E-state index is 0.0296. The lowest BCUT2D eigenvalue weighted by Gasteiger charge is -2.40. The summed E-state index contributed by atoms with van der Waals surface area (Å²) >= 11 is 0. The van der Waals surface area contributed by atoms with E-state index in [4.69, 9.17) is 10.5 Å². The molecule has 0 aromatic heterocycles. The molecule has 1 saturated heterocycles. The summed E-state index contributed by atoms with van der Waals surface area (Å²) in [7, 11) is 0. The highest BCUT2D eigenvalue weighted by molar-refractivity contribution is 5.82. The first-order chi connectivity index (χ1) is 8.44. The molecule has 0 saturated carbocycles. The van der Waals surface area contributed by atoms with Crippen LogP contribution in [-0.4, -0.2) is 30.2 Å². The highest BCUT2D eigenvalue weighted by Crippen LogP contribution is 2.31. The molecule has 0 spiro atoms. The third-order valence-electron chi connectivity index (χ3n) is 4.15. The predicted octanol–water partition coefficient (Wildman–Crippen LogP) is 1.82. The van der Waals surface area contributed by atoms with Crippen molar-refractivity contribution in [3.8, 4) is 0 Å². The van der Waals surface area contributed by atoms with Gasteiger partial charge in [-0.3, -0.25) is 4.79 Å². The van der Waals surface area contributed by atoms with E-state index in [9.17, 15) is 4.79 Å². The van der Waals surface area contributed by atoms with Gasteiger partial charge in [0.1, 0.15) is 0 Å². The van der Waals surface area contributed by atoms with Crippen molar-refractivity contribution < 1.29 is 9.53 Å². The number of ether oxygens (including phenoxy) is 1. The van der Waals surface area contributed by atoms with Gasteiger partial charge in [-0.15, -0.1) is 0 Å². The number of nitrogens with one attached hydrogen (secondary N) is 1. The summed E-state index contributed by atoms with van der Waals surface area (Å²) in [4.78, 5) is 12.0. The van der Waals surface area contributed by atoms with E-state index < -0.39 is 6.04 Å². The van der Waals surface area contributed by atoms with Crippen molar-refractivity contribution in [2.75, 3.05) is 6.61 Å². The number of hydrogen-bond acceptors (Lipinski definition) is 3. The maximum absolute atomic E-state index is 12.0. The molecule has 0 radical (unpaired) electrons. The van der Waals surface area contributed by atoms with Crippen molar-refractivity contribution in [2.45, 2.75) is 71.1 Å². The Morgan fingerprint density at radius 3 is 2.56 bits per heavy atom. The lowest BCUT2D eigenvalue weighted by atomic mass is 9.85. The average molecular weight is 256 g/mol. The van der Waals surface area contributed by atoms with Crippen LogP contribution in [0.15, 0.2) is 0 Å². The fourth-order valence-electron chi connectivity index (χ4n) is 2.49. The van der Waals surface area contributed by atoms with Crippen LogP contribution in [0.2, 0.25) is 0 Å². The number of hydrogen-bond donors (Lipinski definition) is 2. The maximum Gasteiger partial charge on any atom is 0.237 e. The Kier molecular flexibility index (Phi) is 5.60. The number of carbonyl (C=O) groups is 1. The van der Waals surface area contributed by atoms with E-state index in [0.29, 0.717) is 0 Å². The summed E-state index contributed by atoms with van der Waals surface area (Å²) in [5, 5.41) is 3.08. The fourth-order valence-corrected chi connectivity index (χ4v) is 2.49. The van der Waals surface area contributed by atoms with Crippen molar-refractivity contribution in [2.24, 2.45) is 11.7 Å². The second-order valence-corrected chi connectivity index (χ2v) is 5.71. The van der Waals surface area contributed by atoms with Crippen molar-refractivity contribution in [1.29, 1.82) is 0 Å². The standard InChI is InChI=1S/C14H28N2O2/c1-5-14(6-2)9-11(7-8-18-14)16-13(17)12(15)10(3)4/h10-12H,5-9,15H2,1-4H3,(H,16,17)/t11?,12-/m1/s1. The number of carbonyl (C=O) groups excluding carboxylic acids is 1. The lowest BCUT2D eigenvalue weighted by molar-refractivity contribution is -0.128. The molecule has 1 rings (SSSR count). The van der Waals surface area contributed by atoms with Gasteiger partial charge >= 0.3 is 0 Å². The maximum atomic E-state index is 12.0. The molecule has 0 aromatic carbocycles. The second-order valence-electron chi connectivity index (χ2n) is 5.71. The number of amides is 1.